The van der Waals surface area contributed by atoms with Gasteiger partial charge in [-0.1, -0.05) is 12.8 Å². The third kappa shape index (κ3) is 1.43. The van der Waals surface area contributed by atoms with E-state index < -0.39 is 0 Å². The van der Waals surface area contributed by atoms with Crippen molar-refractivity contribution in [2.24, 2.45) is 5.41 Å². The van der Waals surface area contributed by atoms with Gasteiger partial charge in [-0.3, -0.25) is 9.48 Å². The molecule has 2 heterocycles. The van der Waals surface area contributed by atoms with Crippen LogP contribution in [0.5, 0.6) is 0 Å². The van der Waals surface area contributed by atoms with Gasteiger partial charge in [0.1, 0.15) is 0 Å². The smallest absolute Gasteiger partial charge is 0.226 e. The molecule has 1 aliphatic carbocycles. The second-order valence-corrected chi connectivity index (χ2v) is 5.20. The van der Waals surface area contributed by atoms with Crippen LogP contribution in [0.4, 0.5) is 0 Å². The van der Waals surface area contributed by atoms with Crippen LogP contribution in [0, 0.1) is 5.41 Å². The summed E-state index contributed by atoms with van der Waals surface area (Å²) in [6, 6.07) is 2.08. The molecule has 1 amide bonds. The molecule has 1 aromatic heterocycles. The minimum Gasteiger partial charge on any atom is -0.355 e. The molecule has 3 rings (SSSR count). The molecular formula is C13H19N3O. The summed E-state index contributed by atoms with van der Waals surface area (Å²) in [4.78, 5) is 12.2. The number of aromatic nitrogens is 2. The molecule has 0 radical (unpaired) electrons. The maximum absolute atomic E-state index is 12.2. The van der Waals surface area contributed by atoms with Crippen LogP contribution in [0.2, 0.25) is 0 Å². The highest BCUT2D eigenvalue weighted by Gasteiger charge is 2.52. The Morgan fingerprint density at radius 1 is 1.53 bits per heavy atom. The molecule has 92 valence electrons. The monoisotopic (exact) mass is 233 g/mol. The first-order valence-electron chi connectivity index (χ1n) is 6.58. The van der Waals surface area contributed by atoms with Crippen LogP contribution in [-0.4, -0.2) is 22.2 Å². The number of hydrogen-bond donors (Lipinski definition) is 1. The number of carbonyl (C=O) groups is 1. The summed E-state index contributed by atoms with van der Waals surface area (Å²) in [6.45, 7) is 3.76. The molecule has 1 aromatic rings. The molecule has 17 heavy (non-hydrogen) atoms. The zero-order valence-corrected chi connectivity index (χ0v) is 10.3. The summed E-state index contributed by atoms with van der Waals surface area (Å²) in [5.74, 6) is 0.587. The Hall–Kier alpha value is -1.32. The van der Waals surface area contributed by atoms with E-state index in [-0.39, 0.29) is 11.3 Å². The maximum atomic E-state index is 12.2. The first-order valence-corrected chi connectivity index (χ1v) is 6.58. The maximum Gasteiger partial charge on any atom is 0.226 e. The van der Waals surface area contributed by atoms with Gasteiger partial charge < -0.3 is 5.32 Å². The highest BCUT2D eigenvalue weighted by Crippen LogP contribution is 2.51. The lowest BCUT2D eigenvalue weighted by Crippen LogP contribution is -2.32. The van der Waals surface area contributed by atoms with E-state index in [9.17, 15) is 4.79 Å². The third-order valence-corrected chi connectivity index (χ3v) is 4.49. The Kier molecular flexibility index (Phi) is 2.45. The Morgan fingerprint density at radius 2 is 2.29 bits per heavy atom. The Morgan fingerprint density at radius 3 is 3.00 bits per heavy atom. The fourth-order valence-electron chi connectivity index (χ4n) is 3.60. The molecule has 0 unspecified atom stereocenters. The van der Waals surface area contributed by atoms with E-state index in [1.165, 1.54) is 18.5 Å². The highest BCUT2D eigenvalue weighted by atomic mass is 16.2. The second-order valence-electron chi connectivity index (χ2n) is 5.20. The fraction of sp³-hybridized carbons (Fsp3) is 0.692. The first-order chi connectivity index (χ1) is 8.28. The molecule has 1 N–H and O–H groups in total. The van der Waals surface area contributed by atoms with Gasteiger partial charge in [-0.2, -0.15) is 5.10 Å². The van der Waals surface area contributed by atoms with Crippen molar-refractivity contribution < 1.29 is 4.79 Å². The average Bonchev–Trinajstić information content (AvgIpc) is 3.03. The van der Waals surface area contributed by atoms with Crippen molar-refractivity contribution in [1.82, 2.24) is 15.1 Å². The molecular weight excluding hydrogens is 214 g/mol. The number of nitrogens with one attached hydrogen (secondary N) is 1. The summed E-state index contributed by atoms with van der Waals surface area (Å²) < 4.78 is 2.03. The van der Waals surface area contributed by atoms with E-state index in [0.717, 1.165) is 25.9 Å². The van der Waals surface area contributed by atoms with Crippen LogP contribution in [0.25, 0.3) is 0 Å². The number of aryl methyl sites for hydroxylation is 1. The standard InChI is InChI=1S/C13H19N3O/c1-2-16-11(5-8-15-16)10-9-14-12(17)13(10)6-3-4-7-13/h5,8,10H,2-4,6-7,9H2,1H3,(H,14,17)/t10-/m1/s1. The average molecular weight is 233 g/mol. The van der Waals surface area contributed by atoms with Crippen molar-refractivity contribution in [3.8, 4) is 0 Å². The van der Waals surface area contributed by atoms with Crippen molar-refractivity contribution in [1.29, 1.82) is 0 Å². The zero-order valence-electron chi connectivity index (χ0n) is 10.3. The topological polar surface area (TPSA) is 46.9 Å². The molecule has 4 heteroatoms. The number of amides is 1. The molecule has 1 spiro atoms. The SMILES string of the molecule is CCn1nccc1[C@H]1CNC(=O)C12CCCC2. The van der Waals surface area contributed by atoms with Crippen molar-refractivity contribution >= 4 is 5.91 Å². The summed E-state index contributed by atoms with van der Waals surface area (Å²) in [7, 11) is 0. The van der Waals surface area contributed by atoms with Gasteiger partial charge in [0.05, 0.1) is 5.41 Å². The minimum absolute atomic E-state index is 0.132. The Labute approximate surface area is 101 Å². The molecule has 1 saturated carbocycles. The fourth-order valence-corrected chi connectivity index (χ4v) is 3.60. The molecule has 0 aromatic carbocycles. The highest BCUT2D eigenvalue weighted by molar-refractivity contribution is 5.86. The van der Waals surface area contributed by atoms with Crippen LogP contribution in [0.15, 0.2) is 12.3 Å². The van der Waals surface area contributed by atoms with Crippen molar-refractivity contribution in [2.75, 3.05) is 6.54 Å². The largest absolute Gasteiger partial charge is 0.355 e. The van der Waals surface area contributed by atoms with E-state index in [0.29, 0.717) is 5.92 Å². The van der Waals surface area contributed by atoms with Gasteiger partial charge >= 0.3 is 0 Å². The van der Waals surface area contributed by atoms with Crippen LogP contribution in [0.1, 0.15) is 44.2 Å². The van der Waals surface area contributed by atoms with Gasteiger partial charge in [0, 0.05) is 30.9 Å². The quantitative estimate of drug-likeness (QED) is 0.844. The third-order valence-electron chi connectivity index (χ3n) is 4.49. The van der Waals surface area contributed by atoms with Gasteiger partial charge in [0.2, 0.25) is 5.91 Å². The predicted octanol–water partition coefficient (Wildman–Crippen LogP) is 1.68. The summed E-state index contributed by atoms with van der Waals surface area (Å²) in [6.07, 6.45) is 6.30. The van der Waals surface area contributed by atoms with E-state index in [4.69, 9.17) is 0 Å². The molecule has 1 saturated heterocycles. The lowest BCUT2D eigenvalue weighted by Gasteiger charge is -2.27. The van der Waals surface area contributed by atoms with Crippen molar-refractivity contribution in [3.05, 3.63) is 18.0 Å². The molecule has 0 bridgehead atoms. The van der Waals surface area contributed by atoms with Crippen LogP contribution < -0.4 is 5.32 Å². The van der Waals surface area contributed by atoms with E-state index in [1.807, 2.05) is 10.9 Å². The van der Waals surface area contributed by atoms with E-state index in [1.54, 1.807) is 0 Å². The number of carbonyl (C=O) groups excluding carboxylic acids is 1. The first kappa shape index (κ1) is 10.8. The predicted molar refractivity (Wildman–Crippen MR) is 64.6 cm³/mol. The van der Waals surface area contributed by atoms with Crippen LogP contribution >= 0.6 is 0 Å². The lowest BCUT2D eigenvalue weighted by molar-refractivity contribution is -0.127. The van der Waals surface area contributed by atoms with Gasteiger partial charge in [0.15, 0.2) is 0 Å². The lowest BCUT2D eigenvalue weighted by atomic mass is 9.74. The normalized spacial score (nSPS) is 26.6. The second kappa shape index (κ2) is 3.86. The Bertz CT molecular complexity index is 432. The Balaban J connectivity index is 2.00. The zero-order chi connectivity index (χ0) is 11.9. The van der Waals surface area contributed by atoms with Crippen LogP contribution in [0.3, 0.4) is 0 Å². The summed E-state index contributed by atoms with van der Waals surface area (Å²) in [5, 5.41) is 7.40. The van der Waals surface area contributed by atoms with Gasteiger partial charge in [-0.05, 0) is 25.8 Å². The molecule has 2 fully saturated rings. The van der Waals surface area contributed by atoms with E-state index in [2.05, 4.69) is 23.4 Å². The summed E-state index contributed by atoms with van der Waals surface area (Å²) >= 11 is 0. The number of hydrogen-bond acceptors (Lipinski definition) is 2. The molecule has 2 aliphatic rings. The van der Waals surface area contributed by atoms with Gasteiger partial charge in [0.25, 0.3) is 0 Å². The van der Waals surface area contributed by atoms with Crippen molar-refractivity contribution in [3.63, 3.8) is 0 Å². The molecule has 1 aliphatic heterocycles. The molecule has 4 nitrogen and oxygen atoms in total. The van der Waals surface area contributed by atoms with Crippen molar-refractivity contribution in [2.45, 2.75) is 45.1 Å². The van der Waals surface area contributed by atoms with Gasteiger partial charge in [-0.25, -0.2) is 0 Å². The number of nitrogens with zero attached hydrogens (tertiary/aromatic N) is 2. The van der Waals surface area contributed by atoms with Crippen LogP contribution in [-0.2, 0) is 11.3 Å². The molecule has 1 atom stereocenters. The minimum atomic E-state index is -0.132. The number of rotatable bonds is 2. The summed E-state index contributed by atoms with van der Waals surface area (Å²) in [5.41, 5.74) is 1.10. The van der Waals surface area contributed by atoms with Gasteiger partial charge in [-0.15, -0.1) is 0 Å². The van der Waals surface area contributed by atoms with E-state index >= 15 is 0 Å².